The number of hydrogen-bond acceptors (Lipinski definition) is 3. The van der Waals surface area contributed by atoms with Gasteiger partial charge in [-0.05, 0) is 33.0 Å². The summed E-state index contributed by atoms with van der Waals surface area (Å²) in [6.07, 6.45) is 5.42. The number of benzene rings is 1. The van der Waals surface area contributed by atoms with E-state index >= 15 is 0 Å². The molecule has 1 aliphatic rings. The maximum absolute atomic E-state index is 13.2. The predicted molar refractivity (Wildman–Crippen MR) is 84.2 cm³/mol. The van der Waals surface area contributed by atoms with Crippen molar-refractivity contribution in [1.82, 2.24) is 9.80 Å². The van der Waals surface area contributed by atoms with Crippen LogP contribution >= 0.6 is 0 Å². The molecule has 0 N–H and O–H groups in total. The minimum Gasteiger partial charge on any atom is -0.496 e. The summed E-state index contributed by atoms with van der Waals surface area (Å²) in [5.41, 5.74) is 1.03. The van der Waals surface area contributed by atoms with Crippen LogP contribution in [0.3, 0.4) is 0 Å². The van der Waals surface area contributed by atoms with E-state index in [0.717, 1.165) is 31.2 Å². The van der Waals surface area contributed by atoms with Crippen LogP contribution in [0.1, 0.15) is 31.2 Å². The van der Waals surface area contributed by atoms with E-state index in [9.17, 15) is 4.39 Å². The SMILES string of the molecule is COc1cc(F)ccc1CN(C)CCN(C)C1CCCC1. The van der Waals surface area contributed by atoms with E-state index in [4.69, 9.17) is 4.74 Å². The Bertz CT molecular complexity index is 446. The number of methoxy groups -OCH3 is 1. The lowest BCUT2D eigenvalue weighted by molar-refractivity contribution is 0.203. The minimum absolute atomic E-state index is 0.251. The molecule has 0 radical (unpaired) electrons. The summed E-state index contributed by atoms with van der Waals surface area (Å²) in [7, 11) is 5.92. The zero-order chi connectivity index (χ0) is 15.2. The van der Waals surface area contributed by atoms with Crippen LogP contribution < -0.4 is 4.74 Å². The summed E-state index contributed by atoms with van der Waals surface area (Å²) in [6, 6.07) is 5.52. The van der Waals surface area contributed by atoms with Gasteiger partial charge in [0.05, 0.1) is 7.11 Å². The van der Waals surface area contributed by atoms with Crippen molar-refractivity contribution in [1.29, 1.82) is 0 Å². The van der Waals surface area contributed by atoms with Crippen molar-refractivity contribution in [2.75, 3.05) is 34.3 Å². The Morgan fingerprint density at radius 2 is 1.90 bits per heavy atom. The molecule has 0 aliphatic heterocycles. The molecule has 21 heavy (non-hydrogen) atoms. The van der Waals surface area contributed by atoms with Crippen molar-refractivity contribution < 1.29 is 9.13 Å². The molecule has 0 saturated heterocycles. The normalized spacial score (nSPS) is 16.1. The van der Waals surface area contributed by atoms with Crippen LogP contribution in [0.5, 0.6) is 5.75 Å². The summed E-state index contributed by atoms with van der Waals surface area (Å²) in [6.45, 7) is 2.86. The highest BCUT2D eigenvalue weighted by Crippen LogP contribution is 2.23. The standard InChI is InChI=1S/C17H27FN2O/c1-19(10-11-20(2)16-6-4-5-7-16)13-14-8-9-15(18)12-17(14)21-3/h8-9,12,16H,4-7,10-11,13H2,1-3H3. The molecule has 1 fully saturated rings. The topological polar surface area (TPSA) is 15.7 Å². The number of rotatable bonds is 7. The molecular formula is C17H27FN2O. The predicted octanol–water partition coefficient (Wildman–Crippen LogP) is 3.14. The zero-order valence-electron chi connectivity index (χ0n) is 13.4. The molecular weight excluding hydrogens is 267 g/mol. The Hall–Kier alpha value is -1.13. The molecule has 1 aliphatic carbocycles. The lowest BCUT2D eigenvalue weighted by atomic mass is 10.2. The molecule has 3 nitrogen and oxygen atoms in total. The lowest BCUT2D eigenvalue weighted by Crippen LogP contribution is -2.36. The van der Waals surface area contributed by atoms with E-state index in [0.29, 0.717) is 5.75 Å². The fourth-order valence-corrected chi connectivity index (χ4v) is 3.07. The van der Waals surface area contributed by atoms with Gasteiger partial charge in [0.15, 0.2) is 0 Å². The van der Waals surface area contributed by atoms with Crippen molar-refractivity contribution in [2.24, 2.45) is 0 Å². The molecule has 0 spiro atoms. The third-order valence-corrected chi connectivity index (χ3v) is 4.47. The van der Waals surface area contributed by atoms with E-state index < -0.39 is 0 Å². The fourth-order valence-electron chi connectivity index (χ4n) is 3.07. The van der Waals surface area contributed by atoms with E-state index in [1.165, 1.54) is 37.8 Å². The highest BCUT2D eigenvalue weighted by Gasteiger charge is 2.19. The van der Waals surface area contributed by atoms with Crippen LogP contribution in [-0.4, -0.2) is 50.1 Å². The van der Waals surface area contributed by atoms with Gasteiger partial charge < -0.3 is 14.5 Å². The molecule has 0 unspecified atom stereocenters. The molecule has 118 valence electrons. The Morgan fingerprint density at radius 1 is 1.19 bits per heavy atom. The zero-order valence-corrected chi connectivity index (χ0v) is 13.4. The second-order valence-corrected chi connectivity index (χ2v) is 6.11. The molecule has 0 aromatic heterocycles. The average Bonchev–Trinajstić information content (AvgIpc) is 3.01. The van der Waals surface area contributed by atoms with Crippen LogP contribution in [0.2, 0.25) is 0 Å². The number of halogens is 1. The first kappa shape index (κ1) is 16.2. The second-order valence-electron chi connectivity index (χ2n) is 6.11. The average molecular weight is 294 g/mol. The third kappa shape index (κ3) is 4.68. The molecule has 1 saturated carbocycles. The summed E-state index contributed by atoms with van der Waals surface area (Å²) in [5.74, 6) is 0.380. The van der Waals surface area contributed by atoms with Crippen LogP contribution in [0.4, 0.5) is 4.39 Å². The van der Waals surface area contributed by atoms with Crippen LogP contribution in [0, 0.1) is 5.82 Å². The first-order valence-corrected chi connectivity index (χ1v) is 7.81. The molecule has 0 atom stereocenters. The minimum atomic E-state index is -0.251. The van der Waals surface area contributed by atoms with Crippen molar-refractivity contribution in [2.45, 2.75) is 38.3 Å². The van der Waals surface area contributed by atoms with Crippen molar-refractivity contribution in [3.63, 3.8) is 0 Å². The van der Waals surface area contributed by atoms with Crippen LogP contribution in [-0.2, 0) is 6.54 Å². The van der Waals surface area contributed by atoms with Crippen molar-refractivity contribution >= 4 is 0 Å². The molecule has 4 heteroatoms. The first-order chi connectivity index (χ1) is 10.1. The van der Waals surface area contributed by atoms with E-state index in [1.807, 2.05) is 6.07 Å². The van der Waals surface area contributed by atoms with Crippen molar-refractivity contribution in [3.05, 3.63) is 29.6 Å². The highest BCUT2D eigenvalue weighted by atomic mass is 19.1. The maximum Gasteiger partial charge on any atom is 0.126 e. The monoisotopic (exact) mass is 294 g/mol. The summed E-state index contributed by atoms with van der Waals surface area (Å²) < 4.78 is 18.5. The van der Waals surface area contributed by atoms with Gasteiger partial charge in [-0.25, -0.2) is 4.39 Å². The van der Waals surface area contributed by atoms with Gasteiger partial charge in [0.2, 0.25) is 0 Å². The fraction of sp³-hybridized carbons (Fsp3) is 0.647. The molecule has 1 aromatic carbocycles. The van der Waals surface area contributed by atoms with Gasteiger partial charge in [-0.15, -0.1) is 0 Å². The summed E-state index contributed by atoms with van der Waals surface area (Å²) in [4.78, 5) is 4.74. The Morgan fingerprint density at radius 3 is 2.57 bits per heavy atom. The van der Waals surface area contributed by atoms with Gasteiger partial charge in [-0.2, -0.15) is 0 Å². The van der Waals surface area contributed by atoms with Gasteiger partial charge in [0, 0.05) is 37.3 Å². The quantitative estimate of drug-likeness (QED) is 0.768. The van der Waals surface area contributed by atoms with Crippen LogP contribution in [0.15, 0.2) is 18.2 Å². The van der Waals surface area contributed by atoms with E-state index in [-0.39, 0.29) is 5.82 Å². The highest BCUT2D eigenvalue weighted by molar-refractivity contribution is 5.33. The van der Waals surface area contributed by atoms with Gasteiger partial charge in [-0.3, -0.25) is 0 Å². The lowest BCUT2D eigenvalue weighted by Gasteiger charge is -2.27. The third-order valence-electron chi connectivity index (χ3n) is 4.47. The van der Waals surface area contributed by atoms with Gasteiger partial charge in [0.1, 0.15) is 11.6 Å². The largest absolute Gasteiger partial charge is 0.496 e. The maximum atomic E-state index is 13.2. The smallest absolute Gasteiger partial charge is 0.126 e. The molecule has 0 heterocycles. The van der Waals surface area contributed by atoms with Gasteiger partial charge in [0.25, 0.3) is 0 Å². The molecule has 0 amide bonds. The summed E-state index contributed by atoms with van der Waals surface area (Å²) >= 11 is 0. The van der Waals surface area contributed by atoms with Crippen LogP contribution in [0.25, 0.3) is 0 Å². The molecule has 2 rings (SSSR count). The van der Waals surface area contributed by atoms with Gasteiger partial charge >= 0.3 is 0 Å². The number of nitrogens with zero attached hydrogens (tertiary/aromatic N) is 2. The molecule has 1 aromatic rings. The van der Waals surface area contributed by atoms with Crippen molar-refractivity contribution in [3.8, 4) is 5.75 Å². The van der Waals surface area contributed by atoms with Gasteiger partial charge in [-0.1, -0.05) is 18.9 Å². The second kappa shape index (κ2) is 7.76. The Kier molecular flexibility index (Phi) is 6.00. The Labute approximate surface area is 127 Å². The number of likely N-dealkylation sites (N-methyl/N-ethyl adjacent to an activating group) is 2. The van der Waals surface area contributed by atoms with E-state index in [1.54, 1.807) is 7.11 Å². The summed E-state index contributed by atoms with van der Waals surface area (Å²) in [5, 5.41) is 0. The Balaban J connectivity index is 1.82. The molecule has 0 bridgehead atoms. The number of hydrogen-bond donors (Lipinski definition) is 0. The van der Waals surface area contributed by atoms with E-state index in [2.05, 4.69) is 23.9 Å². The first-order valence-electron chi connectivity index (χ1n) is 7.81. The number of ether oxygens (including phenoxy) is 1.